The van der Waals surface area contributed by atoms with E-state index in [1.54, 1.807) is 0 Å². The average molecular weight is 247 g/mol. The number of hydrogen-bond donors (Lipinski definition) is 2. The highest BCUT2D eigenvalue weighted by Gasteiger charge is 2.16. The lowest BCUT2D eigenvalue weighted by molar-refractivity contribution is -0.00529. The minimum atomic E-state index is -0.366. The third kappa shape index (κ3) is 6.09. The molecule has 16 heavy (non-hydrogen) atoms. The third-order valence-electron chi connectivity index (χ3n) is 3.04. The Kier molecular flexibility index (Phi) is 7.45. The molecule has 96 valence electrons. The van der Waals surface area contributed by atoms with E-state index in [0.29, 0.717) is 24.5 Å². The second-order valence-electron chi connectivity index (χ2n) is 4.60. The van der Waals surface area contributed by atoms with Crippen LogP contribution >= 0.6 is 11.8 Å². The second-order valence-corrected chi connectivity index (χ2v) is 5.87. The predicted octanol–water partition coefficient (Wildman–Crippen LogP) is 1.65. The van der Waals surface area contributed by atoms with Crippen molar-refractivity contribution in [1.82, 2.24) is 5.32 Å². The van der Waals surface area contributed by atoms with E-state index in [-0.39, 0.29) is 6.10 Å². The SMILES string of the molecule is CSC(C)CNCC(O)COC1CCCC1. The first-order chi connectivity index (χ1) is 7.72. The van der Waals surface area contributed by atoms with Crippen LogP contribution in [0.4, 0.5) is 0 Å². The largest absolute Gasteiger partial charge is 0.389 e. The molecule has 0 radical (unpaired) electrons. The lowest BCUT2D eigenvalue weighted by Crippen LogP contribution is -2.34. The summed E-state index contributed by atoms with van der Waals surface area (Å²) in [5.74, 6) is 0. The number of thioether (sulfide) groups is 1. The van der Waals surface area contributed by atoms with Gasteiger partial charge in [0.2, 0.25) is 0 Å². The highest BCUT2D eigenvalue weighted by Crippen LogP contribution is 2.20. The molecule has 0 aromatic heterocycles. The van der Waals surface area contributed by atoms with Gasteiger partial charge in [-0.3, -0.25) is 0 Å². The van der Waals surface area contributed by atoms with Gasteiger partial charge >= 0.3 is 0 Å². The van der Waals surface area contributed by atoms with Gasteiger partial charge in [-0.05, 0) is 19.1 Å². The third-order valence-corrected chi connectivity index (χ3v) is 4.01. The average Bonchev–Trinajstić information content (AvgIpc) is 2.79. The van der Waals surface area contributed by atoms with Crippen molar-refractivity contribution in [2.75, 3.05) is 26.0 Å². The van der Waals surface area contributed by atoms with Crippen molar-refractivity contribution >= 4 is 11.8 Å². The Morgan fingerprint density at radius 3 is 2.69 bits per heavy atom. The summed E-state index contributed by atoms with van der Waals surface area (Å²) >= 11 is 1.83. The van der Waals surface area contributed by atoms with Crippen molar-refractivity contribution in [2.24, 2.45) is 0 Å². The zero-order valence-corrected chi connectivity index (χ0v) is 11.3. The molecule has 1 aliphatic rings. The number of hydrogen-bond acceptors (Lipinski definition) is 4. The minimum absolute atomic E-state index is 0.366. The number of nitrogens with one attached hydrogen (secondary N) is 1. The summed E-state index contributed by atoms with van der Waals surface area (Å²) in [6.45, 7) is 4.24. The highest BCUT2D eigenvalue weighted by molar-refractivity contribution is 7.99. The summed E-state index contributed by atoms with van der Waals surface area (Å²) in [6.07, 6.45) is 7.04. The van der Waals surface area contributed by atoms with Crippen LogP contribution < -0.4 is 5.32 Å². The lowest BCUT2D eigenvalue weighted by Gasteiger charge is -2.17. The van der Waals surface area contributed by atoms with Crippen LogP contribution in [-0.2, 0) is 4.74 Å². The van der Waals surface area contributed by atoms with Crippen molar-refractivity contribution in [3.05, 3.63) is 0 Å². The van der Waals surface area contributed by atoms with Crippen LogP contribution in [0.1, 0.15) is 32.6 Å². The molecular weight excluding hydrogens is 222 g/mol. The summed E-state index contributed by atoms with van der Waals surface area (Å²) in [6, 6.07) is 0. The zero-order valence-electron chi connectivity index (χ0n) is 10.4. The van der Waals surface area contributed by atoms with Gasteiger partial charge in [0.05, 0.1) is 18.8 Å². The summed E-state index contributed by atoms with van der Waals surface area (Å²) in [5, 5.41) is 13.6. The molecule has 2 N–H and O–H groups in total. The van der Waals surface area contributed by atoms with E-state index in [9.17, 15) is 5.11 Å². The number of ether oxygens (including phenoxy) is 1. The van der Waals surface area contributed by atoms with Gasteiger partial charge in [0.1, 0.15) is 0 Å². The van der Waals surface area contributed by atoms with Gasteiger partial charge in [-0.25, -0.2) is 0 Å². The maximum Gasteiger partial charge on any atom is 0.0897 e. The fourth-order valence-electron chi connectivity index (χ4n) is 1.90. The quantitative estimate of drug-likeness (QED) is 0.684. The summed E-state index contributed by atoms with van der Waals surface area (Å²) in [5.41, 5.74) is 0. The first-order valence-corrected chi connectivity index (χ1v) is 7.54. The number of aliphatic hydroxyl groups excluding tert-OH is 1. The Bertz CT molecular complexity index is 174. The van der Waals surface area contributed by atoms with E-state index >= 15 is 0 Å². The van der Waals surface area contributed by atoms with Crippen molar-refractivity contribution in [3.63, 3.8) is 0 Å². The Balaban J connectivity index is 1.95. The number of aliphatic hydroxyl groups is 1. The maximum atomic E-state index is 9.70. The van der Waals surface area contributed by atoms with E-state index in [4.69, 9.17) is 4.74 Å². The van der Waals surface area contributed by atoms with Crippen LogP contribution in [0.2, 0.25) is 0 Å². The Morgan fingerprint density at radius 2 is 2.06 bits per heavy atom. The van der Waals surface area contributed by atoms with Gasteiger partial charge in [0, 0.05) is 18.3 Å². The standard InChI is InChI=1S/C12H25NO2S/c1-10(16-2)7-13-8-11(14)9-15-12-5-3-4-6-12/h10-14H,3-9H2,1-2H3. The molecule has 0 heterocycles. The summed E-state index contributed by atoms with van der Waals surface area (Å²) in [4.78, 5) is 0. The number of rotatable bonds is 8. The smallest absolute Gasteiger partial charge is 0.0897 e. The minimum Gasteiger partial charge on any atom is -0.389 e. The molecule has 3 nitrogen and oxygen atoms in total. The van der Waals surface area contributed by atoms with Crippen LogP contribution in [0, 0.1) is 0 Å². The van der Waals surface area contributed by atoms with Gasteiger partial charge in [-0.1, -0.05) is 19.8 Å². The normalized spacial score (nSPS) is 21.2. The van der Waals surface area contributed by atoms with E-state index in [1.807, 2.05) is 11.8 Å². The van der Waals surface area contributed by atoms with Crippen molar-refractivity contribution in [1.29, 1.82) is 0 Å². The first kappa shape index (κ1) is 14.3. The Morgan fingerprint density at radius 1 is 1.38 bits per heavy atom. The van der Waals surface area contributed by atoms with E-state index in [0.717, 1.165) is 6.54 Å². The van der Waals surface area contributed by atoms with Crippen molar-refractivity contribution < 1.29 is 9.84 Å². The molecule has 4 heteroatoms. The fourth-order valence-corrected chi connectivity index (χ4v) is 2.18. The zero-order chi connectivity index (χ0) is 11.8. The van der Waals surface area contributed by atoms with Gasteiger partial charge < -0.3 is 15.2 Å². The molecule has 0 bridgehead atoms. The molecule has 1 rings (SSSR count). The van der Waals surface area contributed by atoms with Gasteiger partial charge in [-0.2, -0.15) is 11.8 Å². The second kappa shape index (κ2) is 8.34. The molecule has 0 saturated heterocycles. The monoisotopic (exact) mass is 247 g/mol. The maximum absolute atomic E-state index is 9.70. The molecule has 1 fully saturated rings. The molecule has 0 amide bonds. The molecular formula is C12H25NO2S. The molecule has 1 saturated carbocycles. The molecule has 0 aromatic carbocycles. The van der Waals surface area contributed by atoms with Crippen molar-refractivity contribution in [3.8, 4) is 0 Å². The predicted molar refractivity (Wildman–Crippen MR) is 70.1 cm³/mol. The van der Waals surface area contributed by atoms with Gasteiger partial charge in [0.15, 0.2) is 0 Å². The highest BCUT2D eigenvalue weighted by atomic mass is 32.2. The van der Waals surface area contributed by atoms with E-state index in [1.165, 1.54) is 25.7 Å². The first-order valence-electron chi connectivity index (χ1n) is 6.25. The molecule has 0 spiro atoms. The Labute approximate surface area is 103 Å². The molecule has 1 aliphatic carbocycles. The van der Waals surface area contributed by atoms with Crippen LogP contribution in [0.15, 0.2) is 0 Å². The van der Waals surface area contributed by atoms with E-state index in [2.05, 4.69) is 18.5 Å². The van der Waals surface area contributed by atoms with Gasteiger partial charge in [-0.15, -0.1) is 0 Å². The topological polar surface area (TPSA) is 41.5 Å². The Hall–Kier alpha value is 0.230. The van der Waals surface area contributed by atoms with E-state index < -0.39 is 0 Å². The lowest BCUT2D eigenvalue weighted by atomic mass is 10.3. The van der Waals surface area contributed by atoms with Crippen LogP contribution in [0.5, 0.6) is 0 Å². The molecule has 0 aromatic rings. The molecule has 2 atom stereocenters. The molecule has 0 aliphatic heterocycles. The molecule has 2 unspecified atom stereocenters. The summed E-state index contributed by atoms with van der Waals surface area (Å²) < 4.78 is 5.65. The summed E-state index contributed by atoms with van der Waals surface area (Å²) in [7, 11) is 0. The van der Waals surface area contributed by atoms with Crippen molar-refractivity contribution in [2.45, 2.75) is 50.1 Å². The van der Waals surface area contributed by atoms with Crippen LogP contribution in [0.25, 0.3) is 0 Å². The van der Waals surface area contributed by atoms with Crippen LogP contribution in [-0.4, -0.2) is 48.5 Å². The fraction of sp³-hybridized carbons (Fsp3) is 1.00. The van der Waals surface area contributed by atoms with Crippen LogP contribution in [0.3, 0.4) is 0 Å². The van der Waals surface area contributed by atoms with Gasteiger partial charge in [0.25, 0.3) is 0 Å².